The van der Waals surface area contributed by atoms with Crippen molar-refractivity contribution in [2.75, 3.05) is 23.3 Å². The number of imide groups is 1. The molecule has 2 aliphatic heterocycles. The topological polar surface area (TPSA) is 96.0 Å². The molecule has 0 radical (unpaired) electrons. The van der Waals surface area contributed by atoms with Gasteiger partial charge in [-0.2, -0.15) is 0 Å². The van der Waals surface area contributed by atoms with E-state index in [1.54, 1.807) is 54.3 Å². The highest BCUT2D eigenvalue weighted by molar-refractivity contribution is 6.21. The molecule has 1 unspecified atom stereocenters. The fourth-order valence-electron chi connectivity index (χ4n) is 3.69. The molecule has 0 aromatic heterocycles. The Labute approximate surface area is 173 Å². The first-order valence-corrected chi connectivity index (χ1v) is 9.78. The summed E-state index contributed by atoms with van der Waals surface area (Å²) in [6, 6.07) is 11.7. The molecule has 0 aliphatic carbocycles. The van der Waals surface area contributed by atoms with Crippen LogP contribution in [0.25, 0.3) is 0 Å². The highest BCUT2D eigenvalue weighted by Crippen LogP contribution is 2.36. The van der Waals surface area contributed by atoms with Crippen LogP contribution in [0, 0.1) is 0 Å². The molecule has 4 rings (SSSR count). The zero-order valence-electron chi connectivity index (χ0n) is 16.7. The van der Waals surface area contributed by atoms with Gasteiger partial charge in [0.1, 0.15) is 5.75 Å². The maximum atomic E-state index is 12.4. The number of nitrogens with zero attached hydrogens (tertiary/aromatic N) is 2. The van der Waals surface area contributed by atoms with E-state index in [1.807, 2.05) is 6.92 Å². The number of hydrogen-bond donors (Lipinski definition) is 1. The van der Waals surface area contributed by atoms with E-state index in [4.69, 9.17) is 4.74 Å². The van der Waals surface area contributed by atoms with Crippen molar-refractivity contribution in [1.82, 2.24) is 4.90 Å². The lowest BCUT2D eigenvalue weighted by molar-refractivity contribution is -0.125. The smallest absolute Gasteiger partial charge is 0.267 e. The fourth-order valence-corrected chi connectivity index (χ4v) is 3.69. The molecular formula is C22H21N3O5. The summed E-state index contributed by atoms with van der Waals surface area (Å²) in [5.74, 6) is -0.698. The van der Waals surface area contributed by atoms with Crippen molar-refractivity contribution in [2.45, 2.75) is 26.4 Å². The largest absolute Gasteiger partial charge is 0.479 e. The lowest BCUT2D eigenvalue weighted by Crippen LogP contribution is -2.44. The van der Waals surface area contributed by atoms with Gasteiger partial charge in [-0.25, -0.2) is 0 Å². The Morgan fingerprint density at radius 1 is 1.03 bits per heavy atom. The van der Waals surface area contributed by atoms with E-state index >= 15 is 0 Å². The molecule has 154 valence electrons. The predicted octanol–water partition coefficient (Wildman–Crippen LogP) is 2.45. The van der Waals surface area contributed by atoms with Crippen LogP contribution in [-0.4, -0.2) is 47.7 Å². The molecule has 8 heteroatoms. The third kappa shape index (κ3) is 3.30. The molecule has 1 atom stereocenters. The van der Waals surface area contributed by atoms with Gasteiger partial charge < -0.3 is 15.0 Å². The average molecular weight is 407 g/mol. The van der Waals surface area contributed by atoms with Gasteiger partial charge >= 0.3 is 0 Å². The van der Waals surface area contributed by atoms with Gasteiger partial charge in [0.05, 0.1) is 16.8 Å². The normalized spacial score (nSPS) is 17.5. The Balaban J connectivity index is 1.41. The van der Waals surface area contributed by atoms with Crippen molar-refractivity contribution >= 4 is 35.0 Å². The highest BCUT2D eigenvalue weighted by Gasteiger charge is 2.35. The molecule has 0 bridgehead atoms. The molecule has 0 saturated heterocycles. The Hall–Kier alpha value is -3.68. The molecule has 2 aromatic rings. The van der Waals surface area contributed by atoms with Gasteiger partial charge in [-0.05, 0) is 38.1 Å². The van der Waals surface area contributed by atoms with Crippen molar-refractivity contribution < 1.29 is 23.9 Å². The quantitative estimate of drug-likeness (QED) is 0.768. The van der Waals surface area contributed by atoms with Crippen molar-refractivity contribution in [2.24, 2.45) is 0 Å². The minimum Gasteiger partial charge on any atom is -0.479 e. The maximum absolute atomic E-state index is 12.4. The van der Waals surface area contributed by atoms with Gasteiger partial charge in [0, 0.05) is 31.3 Å². The summed E-state index contributed by atoms with van der Waals surface area (Å²) in [6.45, 7) is 4.08. The molecule has 2 aromatic carbocycles. The number of anilines is 2. The SMILES string of the molecule is CCN1C(=O)C(C)Oc2cc(NC(=O)CCN3C(=O)c4ccccc4C3=O)ccc21. The summed E-state index contributed by atoms with van der Waals surface area (Å²) in [7, 11) is 0. The van der Waals surface area contributed by atoms with Gasteiger partial charge in [-0.3, -0.25) is 24.1 Å². The van der Waals surface area contributed by atoms with Crippen LogP contribution in [0.4, 0.5) is 11.4 Å². The lowest BCUT2D eigenvalue weighted by atomic mass is 10.1. The second-order valence-corrected chi connectivity index (χ2v) is 7.13. The van der Waals surface area contributed by atoms with Gasteiger partial charge in [-0.1, -0.05) is 12.1 Å². The number of benzene rings is 2. The maximum Gasteiger partial charge on any atom is 0.267 e. The second kappa shape index (κ2) is 7.62. The molecule has 1 N–H and O–H groups in total. The number of hydrogen-bond acceptors (Lipinski definition) is 5. The van der Waals surface area contributed by atoms with Crippen molar-refractivity contribution in [1.29, 1.82) is 0 Å². The van der Waals surface area contributed by atoms with Gasteiger partial charge in [0.15, 0.2) is 6.10 Å². The van der Waals surface area contributed by atoms with Crippen molar-refractivity contribution in [3.05, 3.63) is 53.6 Å². The molecule has 0 saturated carbocycles. The Bertz CT molecular complexity index is 1030. The monoisotopic (exact) mass is 407 g/mol. The Kier molecular flexibility index (Phi) is 4.99. The number of carbonyl (C=O) groups is 4. The number of carbonyl (C=O) groups excluding carboxylic acids is 4. The van der Waals surface area contributed by atoms with Crippen LogP contribution in [0.3, 0.4) is 0 Å². The molecule has 0 spiro atoms. The van der Waals surface area contributed by atoms with Crippen LogP contribution in [0.2, 0.25) is 0 Å². The third-order valence-corrected chi connectivity index (χ3v) is 5.21. The van der Waals surface area contributed by atoms with E-state index in [-0.39, 0.29) is 36.6 Å². The third-order valence-electron chi connectivity index (χ3n) is 5.21. The molecule has 8 nitrogen and oxygen atoms in total. The molecule has 0 fully saturated rings. The van der Waals surface area contributed by atoms with Gasteiger partial charge in [0.2, 0.25) is 5.91 Å². The van der Waals surface area contributed by atoms with E-state index in [1.165, 1.54) is 0 Å². The second-order valence-electron chi connectivity index (χ2n) is 7.13. The Morgan fingerprint density at radius 3 is 2.33 bits per heavy atom. The zero-order valence-corrected chi connectivity index (χ0v) is 16.7. The van der Waals surface area contributed by atoms with Gasteiger partial charge in [0.25, 0.3) is 17.7 Å². The summed E-state index contributed by atoms with van der Waals surface area (Å²) >= 11 is 0. The summed E-state index contributed by atoms with van der Waals surface area (Å²) in [4.78, 5) is 52.1. The van der Waals surface area contributed by atoms with E-state index in [0.717, 1.165) is 4.90 Å². The number of fused-ring (bicyclic) bond motifs is 2. The minimum atomic E-state index is -0.600. The van der Waals surface area contributed by atoms with Crippen LogP contribution >= 0.6 is 0 Å². The molecule has 2 heterocycles. The number of likely N-dealkylation sites (N-methyl/N-ethyl adjacent to an activating group) is 1. The highest BCUT2D eigenvalue weighted by atomic mass is 16.5. The van der Waals surface area contributed by atoms with E-state index in [9.17, 15) is 19.2 Å². The van der Waals surface area contributed by atoms with Crippen LogP contribution < -0.4 is 15.0 Å². The first kappa shape index (κ1) is 19.6. The minimum absolute atomic E-state index is 0.00519. The zero-order chi connectivity index (χ0) is 21.4. The van der Waals surface area contributed by atoms with E-state index in [0.29, 0.717) is 34.8 Å². The first-order chi connectivity index (χ1) is 14.4. The Morgan fingerprint density at radius 2 is 1.70 bits per heavy atom. The van der Waals surface area contributed by atoms with E-state index in [2.05, 4.69) is 5.32 Å². The summed E-state index contributed by atoms with van der Waals surface area (Å²) in [6.07, 6.45) is -0.628. The van der Waals surface area contributed by atoms with Crippen LogP contribution in [-0.2, 0) is 9.59 Å². The number of nitrogens with one attached hydrogen (secondary N) is 1. The van der Waals surface area contributed by atoms with Gasteiger partial charge in [-0.15, -0.1) is 0 Å². The van der Waals surface area contributed by atoms with Crippen molar-refractivity contribution in [3.8, 4) is 5.75 Å². The molecule has 30 heavy (non-hydrogen) atoms. The van der Waals surface area contributed by atoms with Crippen LogP contribution in [0.5, 0.6) is 5.75 Å². The standard InChI is InChI=1S/C22H21N3O5/c1-3-24-17-9-8-14(12-18(17)30-13(2)20(24)27)23-19(26)10-11-25-21(28)15-6-4-5-7-16(15)22(25)29/h4-9,12-13H,3,10-11H2,1-2H3,(H,23,26). The van der Waals surface area contributed by atoms with Crippen LogP contribution in [0.15, 0.2) is 42.5 Å². The lowest BCUT2D eigenvalue weighted by Gasteiger charge is -2.32. The molecule has 2 aliphatic rings. The fraction of sp³-hybridized carbons (Fsp3) is 0.273. The number of amides is 4. The summed E-state index contributed by atoms with van der Waals surface area (Å²) in [5, 5.41) is 2.75. The first-order valence-electron chi connectivity index (χ1n) is 9.78. The number of ether oxygens (including phenoxy) is 1. The van der Waals surface area contributed by atoms with Crippen molar-refractivity contribution in [3.63, 3.8) is 0 Å². The summed E-state index contributed by atoms with van der Waals surface area (Å²) in [5.41, 5.74) is 1.89. The average Bonchev–Trinajstić information content (AvgIpc) is 2.98. The number of rotatable bonds is 5. The molecule has 4 amide bonds. The molecular weight excluding hydrogens is 386 g/mol. The van der Waals surface area contributed by atoms with E-state index < -0.39 is 6.10 Å². The predicted molar refractivity (Wildman–Crippen MR) is 110 cm³/mol. The summed E-state index contributed by atoms with van der Waals surface area (Å²) < 4.78 is 5.66. The van der Waals surface area contributed by atoms with Crippen LogP contribution in [0.1, 0.15) is 41.0 Å².